The van der Waals surface area contributed by atoms with Crippen LogP contribution in [-0.2, 0) is 4.79 Å². The van der Waals surface area contributed by atoms with Gasteiger partial charge in [-0.25, -0.2) is 0 Å². The van der Waals surface area contributed by atoms with E-state index in [4.69, 9.17) is 4.74 Å². The first-order valence-corrected chi connectivity index (χ1v) is 7.41. The van der Waals surface area contributed by atoms with E-state index in [9.17, 15) is 4.79 Å². The zero-order chi connectivity index (χ0) is 14.1. The number of hydrogen-bond acceptors (Lipinski definition) is 3. The molecule has 1 fully saturated rings. The number of fused-ring (bicyclic) bond motifs is 1. The summed E-state index contributed by atoms with van der Waals surface area (Å²) in [6, 6.07) is 8.29. The minimum Gasteiger partial charge on any atom is -0.480 e. The first kappa shape index (κ1) is 13.4. The van der Waals surface area contributed by atoms with Crippen molar-refractivity contribution in [2.75, 3.05) is 20.1 Å². The molecule has 1 saturated heterocycles. The van der Waals surface area contributed by atoms with Crippen LogP contribution in [0, 0.1) is 0 Å². The fourth-order valence-electron chi connectivity index (χ4n) is 3.20. The van der Waals surface area contributed by atoms with Crippen molar-refractivity contribution in [2.45, 2.75) is 37.8 Å². The third kappa shape index (κ3) is 2.29. The first-order valence-electron chi connectivity index (χ1n) is 7.41. The van der Waals surface area contributed by atoms with Crippen LogP contribution in [0.5, 0.6) is 5.75 Å². The highest BCUT2D eigenvalue weighted by Crippen LogP contribution is 2.38. The van der Waals surface area contributed by atoms with Crippen LogP contribution in [0.3, 0.4) is 0 Å². The lowest BCUT2D eigenvalue weighted by atomic mass is 9.96. The monoisotopic (exact) mass is 274 g/mol. The fourth-order valence-corrected chi connectivity index (χ4v) is 3.20. The van der Waals surface area contributed by atoms with Crippen LogP contribution in [0.2, 0.25) is 0 Å². The van der Waals surface area contributed by atoms with Gasteiger partial charge in [0, 0.05) is 24.6 Å². The average Bonchev–Trinajstić information content (AvgIpc) is 2.84. The average molecular weight is 274 g/mol. The van der Waals surface area contributed by atoms with Crippen molar-refractivity contribution in [2.24, 2.45) is 0 Å². The standard InChI is InChI=1S/C16H22N2O2/c1-11-13-5-3-4-6-14(13)20-15(11)16(19)18(2)12-7-9-17-10-8-12/h3-6,11-12,15,17H,7-10H2,1-2H3/t11-,15-/m1/s1. The minimum absolute atomic E-state index is 0.112. The number of amides is 1. The summed E-state index contributed by atoms with van der Waals surface area (Å²) in [7, 11) is 1.91. The van der Waals surface area contributed by atoms with E-state index in [2.05, 4.69) is 18.3 Å². The lowest BCUT2D eigenvalue weighted by molar-refractivity contribution is -0.139. The van der Waals surface area contributed by atoms with Gasteiger partial charge in [-0.2, -0.15) is 0 Å². The number of nitrogens with one attached hydrogen (secondary N) is 1. The lowest BCUT2D eigenvalue weighted by Gasteiger charge is -2.33. The molecule has 2 atom stereocenters. The molecule has 0 saturated carbocycles. The Morgan fingerprint density at radius 3 is 2.70 bits per heavy atom. The van der Waals surface area contributed by atoms with Gasteiger partial charge in [0.05, 0.1) is 0 Å². The number of rotatable bonds is 2. The van der Waals surface area contributed by atoms with Crippen molar-refractivity contribution < 1.29 is 9.53 Å². The van der Waals surface area contributed by atoms with Crippen molar-refractivity contribution in [3.05, 3.63) is 29.8 Å². The predicted octanol–water partition coefficient (Wildman–Crippen LogP) is 1.76. The van der Waals surface area contributed by atoms with Gasteiger partial charge in [0.1, 0.15) is 5.75 Å². The topological polar surface area (TPSA) is 41.6 Å². The Kier molecular flexibility index (Phi) is 3.66. The molecular weight excluding hydrogens is 252 g/mol. The Bertz CT molecular complexity index is 497. The Morgan fingerprint density at radius 2 is 2.00 bits per heavy atom. The molecular formula is C16H22N2O2. The second-order valence-electron chi connectivity index (χ2n) is 5.80. The second-order valence-corrected chi connectivity index (χ2v) is 5.80. The van der Waals surface area contributed by atoms with Crippen LogP contribution < -0.4 is 10.1 Å². The maximum atomic E-state index is 12.7. The van der Waals surface area contributed by atoms with Gasteiger partial charge in [-0.3, -0.25) is 4.79 Å². The summed E-state index contributed by atoms with van der Waals surface area (Å²) in [5.74, 6) is 1.10. The summed E-state index contributed by atoms with van der Waals surface area (Å²) in [6.45, 7) is 4.05. The first-order chi connectivity index (χ1) is 9.68. The van der Waals surface area contributed by atoms with E-state index >= 15 is 0 Å². The molecule has 20 heavy (non-hydrogen) atoms. The van der Waals surface area contributed by atoms with Gasteiger partial charge >= 0.3 is 0 Å². The van der Waals surface area contributed by atoms with E-state index in [1.54, 1.807) is 0 Å². The molecule has 0 aromatic heterocycles. The molecule has 1 N–H and O–H groups in total. The van der Waals surface area contributed by atoms with Crippen molar-refractivity contribution in [1.82, 2.24) is 10.2 Å². The number of hydrogen-bond donors (Lipinski definition) is 1. The molecule has 3 rings (SSSR count). The summed E-state index contributed by atoms with van der Waals surface area (Å²) in [5, 5.41) is 3.33. The zero-order valence-electron chi connectivity index (χ0n) is 12.1. The van der Waals surface area contributed by atoms with E-state index in [1.165, 1.54) is 0 Å². The quantitative estimate of drug-likeness (QED) is 0.893. The van der Waals surface area contributed by atoms with Crippen LogP contribution in [0.15, 0.2) is 24.3 Å². The predicted molar refractivity (Wildman–Crippen MR) is 77.9 cm³/mol. The second kappa shape index (κ2) is 5.44. The molecule has 0 radical (unpaired) electrons. The lowest BCUT2D eigenvalue weighted by Crippen LogP contribution is -2.49. The molecule has 1 amide bonds. The van der Waals surface area contributed by atoms with E-state index in [0.29, 0.717) is 6.04 Å². The molecule has 2 heterocycles. The summed E-state index contributed by atoms with van der Waals surface area (Å²) in [6.07, 6.45) is 1.68. The molecule has 4 heteroatoms. The normalized spacial score (nSPS) is 25.9. The molecule has 0 aliphatic carbocycles. The number of carbonyl (C=O) groups is 1. The van der Waals surface area contributed by atoms with Crippen LogP contribution in [-0.4, -0.2) is 43.1 Å². The number of piperidine rings is 1. The number of benzene rings is 1. The number of nitrogens with zero attached hydrogens (tertiary/aromatic N) is 1. The van der Waals surface area contributed by atoms with Crippen LogP contribution >= 0.6 is 0 Å². The van der Waals surface area contributed by atoms with Gasteiger partial charge in [-0.15, -0.1) is 0 Å². The summed E-state index contributed by atoms with van der Waals surface area (Å²) in [5.41, 5.74) is 1.14. The zero-order valence-corrected chi connectivity index (χ0v) is 12.1. The van der Waals surface area contributed by atoms with Gasteiger partial charge in [0.25, 0.3) is 5.91 Å². The summed E-state index contributed by atoms with van der Waals surface area (Å²) in [4.78, 5) is 14.6. The summed E-state index contributed by atoms with van der Waals surface area (Å²) < 4.78 is 5.89. The number of likely N-dealkylation sites (N-methyl/N-ethyl adjacent to an activating group) is 1. The van der Waals surface area contributed by atoms with Crippen LogP contribution in [0.1, 0.15) is 31.2 Å². The highest BCUT2D eigenvalue weighted by atomic mass is 16.5. The van der Waals surface area contributed by atoms with E-state index in [-0.39, 0.29) is 17.9 Å². The molecule has 0 bridgehead atoms. The third-order valence-electron chi connectivity index (χ3n) is 4.57. The summed E-state index contributed by atoms with van der Waals surface area (Å²) >= 11 is 0. The SMILES string of the molecule is C[C@@H]1c2ccccc2O[C@H]1C(=O)N(C)C1CCNCC1. The largest absolute Gasteiger partial charge is 0.480 e. The van der Waals surface area contributed by atoms with Gasteiger partial charge in [-0.1, -0.05) is 25.1 Å². The Morgan fingerprint density at radius 1 is 1.30 bits per heavy atom. The molecule has 2 aliphatic rings. The molecule has 108 valence electrons. The van der Waals surface area contributed by atoms with Gasteiger partial charge in [0.15, 0.2) is 6.10 Å². The van der Waals surface area contributed by atoms with Gasteiger partial charge < -0.3 is 15.0 Å². The molecule has 1 aromatic carbocycles. The maximum Gasteiger partial charge on any atom is 0.264 e. The molecule has 0 spiro atoms. The van der Waals surface area contributed by atoms with Crippen molar-refractivity contribution in [3.63, 3.8) is 0 Å². The van der Waals surface area contributed by atoms with E-state index < -0.39 is 0 Å². The van der Waals surface area contributed by atoms with E-state index in [1.807, 2.05) is 30.1 Å². The smallest absolute Gasteiger partial charge is 0.264 e. The number of ether oxygens (including phenoxy) is 1. The number of carbonyl (C=O) groups excluding carboxylic acids is 1. The molecule has 4 nitrogen and oxygen atoms in total. The van der Waals surface area contributed by atoms with Crippen molar-refractivity contribution in [1.29, 1.82) is 0 Å². The van der Waals surface area contributed by atoms with E-state index in [0.717, 1.165) is 37.2 Å². The fraction of sp³-hybridized carbons (Fsp3) is 0.562. The van der Waals surface area contributed by atoms with Gasteiger partial charge in [-0.05, 0) is 32.0 Å². The van der Waals surface area contributed by atoms with Crippen LogP contribution in [0.25, 0.3) is 0 Å². The molecule has 2 aliphatic heterocycles. The Labute approximate surface area is 120 Å². The number of para-hydroxylation sites is 1. The Balaban J connectivity index is 1.72. The highest BCUT2D eigenvalue weighted by molar-refractivity contribution is 5.83. The van der Waals surface area contributed by atoms with Crippen molar-refractivity contribution in [3.8, 4) is 5.75 Å². The Hall–Kier alpha value is -1.55. The molecule has 1 aromatic rings. The molecule has 0 unspecified atom stereocenters. The van der Waals surface area contributed by atoms with Gasteiger partial charge in [0.2, 0.25) is 0 Å². The maximum absolute atomic E-state index is 12.7. The third-order valence-corrected chi connectivity index (χ3v) is 4.57. The highest BCUT2D eigenvalue weighted by Gasteiger charge is 2.39. The van der Waals surface area contributed by atoms with Crippen LogP contribution in [0.4, 0.5) is 0 Å². The minimum atomic E-state index is -0.368. The van der Waals surface area contributed by atoms with Crippen molar-refractivity contribution >= 4 is 5.91 Å².